The fourth-order valence-electron chi connectivity index (χ4n) is 5.62. The Morgan fingerprint density at radius 3 is 1.65 bits per heavy atom. The van der Waals surface area contributed by atoms with E-state index in [1.807, 2.05) is 0 Å². The number of halogens is 1. The van der Waals surface area contributed by atoms with E-state index in [4.69, 9.17) is 17.3 Å². The van der Waals surface area contributed by atoms with E-state index < -0.39 is 78.1 Å². The van der Waals surface area contributed by atoms with E-state index in [-0.39, 0.29) is 43.0 Å². The van der Waals surface area contributed by atoms with Gasteiger partial charge in [-0.1, -0.05) is 60.7 Å². The maximum atomic E-state index is 13.6. The molecule has 2 heterocycles. The highest BCUT2D eigenvalue weighted by Crippen LogP contribution is 2.11. The lowest BCUT2D eigenvalue weighted by molar-refractivity contribution is -0.133. The monoisotopic (exact) mass is 806 g/mol. The molecule has 0 saturated heterocycles. The first-order valence-corrected chi connectivity index (χ1v) is 18.7. The van der Waals surface area contributed by atoms with Crippen LogP contribution in [-0.4, -0.2) is 106 Å². The van der Waals surface area contributed by atoms with Gasteiger partial charge in [-0.25, -0.2) is 0 Å². The van der Waals surface area contributed by atoms with Crippen molar-refractivity contribution in [2.45, 2.75) is 76.2 Å². The molecule has 0 unspecified atom stereocenters. The summed E-state index contributed by atoms with van der Waals surface area (Å²) < 4.78 is 0. The van der Waals surface area contributed by atoms with Crippen LogP contribution in [0, 0.1) is 0 Å². The smallest absolute Gasteiger partial charge is 0.243 e. The maximum absolute atomic E-state index is 13.6. The second-order valence-electron chi connectivity index (χ2n) is 13.3. The Kier molecular flexibility index (Phi) is 16.5. The molecule has 4 rings (SSSR count). The van der Waals surface area contributed by atoms with Crippen molar-refractivity contribution < 1.29 is 33.6 Å². The molecule has 57 heavy (non-hydrogen) atoms. The van der Waals surface area contributed by atoms with Crippen LogP contribution in [0.1, 0.15) is 44.2 Å². The summed E-state index contributed by atoms with van der Waals surface area (Å²) in [6, 6.07) is 12.1. The van der Waals surface area contributed by atoms with Gasteiger partial charge < -0.3 is 48.3 Å². The predicted octanol–water partition coefficient (Wildman–Crippen LogP) is -0.917. The molecular formula is C37H47ClN12O7. The van der Waals surface area contributed by atoms with Crippen LogP contribution in [0.4, 0.5) is 11.9 Å². The summed E-state index contributed by atoms with van der Waals surface area (Å²) in [6.07, 6.45) is 1.21. The van der Waals surface area contributed by atoms with E-state index in [0.29, 0.717) is 24.9 Å². The molecule has 0 aliphatic carbocycles. The van der Waals surface area contributed by atoms with Gasteiger partial charge in [0.05, 0.1) is 13.1 Å². The van der Waals surface area contributed by atoms with Gasteiger partial charge in [-0.15, -0.1) is 0 Å². The number of nitrogens with zero attached hydrogens (tertiary/aromatic N) is 3. The Labute approximate surface area is 333 Å². The Morgan fingerprint density at radius 1 is 0.632 bits per heavy atom. The average molecular weight is 807 g/mol. The maximum Gasteiger partial charge on any atom is 0.243 e. The van der Waals surface area contributed by atoms with Crippen LogP contribution in [0.2, 0.25) is 5.28 Å². The van der Waals surface area contributed by atoms with Gasteiger partial charge in [0.25, 0.3) is 0 Å². The topological polar surface area (TPSA) is 280 Å². The van der Waals surface area contributed by atoms with Gasteiger partial charge in [0.15, 0.2) is 0 Å². The summed E-state index contributed by atoms with van der Waals surface area (Å²) >= 11 is 6.08. The minimum absolute atomic E-state index is 0.0235. The van der Waals surface area contributed by atoms with Crippen molar-refractivity contribution >= 4 is 64.8 Å². The van der Waals surface area contributed by atoms with Gasteiger partial charge in [0.1, 0.15) is 30.2 Å². The van der Waals surface area contributed by atoms with Crippen molar-refractivity contribution in [1.82, 2.24) is 46.9 Å². The van der Waals surface area contributed by atoms with Gasteiger partial charge in [-0.2, -0.15) is 15.0 Å². The van der Waals surface area contributed by atoms with Gasteiger partial charge in [0.2, 0.25) is 58.5 Å². The lowest BCUT2D eigenvalue weighted by Gasteiger charge is -2.24. The third kappa shape index (κ3) is 14.7. The SMILES string of the molecule is C[C@@H]1NC(=O)CNc2nc(Cl)nc(n2)NCCCC[C@@H](C(N)=O)NC(=O)[C@H](Cc2ccccc2)NC(=O)[C@H](C)NC(=O)CNC(=O)[C@H](Cc2ccccc2)NC1=O. The first-order valence-electron chi connectivity index (χ1n) is 18.3. The first kappa shape index (κ1) is 43.4. The number of nitrogens with two attached hydrogens (primary N) is 1. The Morgan fingerprint density at radius 2 is 1.12 bits per heavy atom. The molecule has 19 nitrogen and oxygen atoms in total. The fraction of sp³-hybridized carbons (Fsp3) is 0.405. The van der Waals surface area contributed by atoms with Crippen LogP contribution in [0.25, 0.3) is 0 Å². The molecule has 1 aliphatic rings. The summed E-state index contributed by atoms with van der Waals surface area (Å²) in [5.74, 6) is -4.76. The number of carbonyl (C=O) groups is 7. The summed E-state index contributed by atoms with van der Waals surface area (Å²) in [6.45, 7) is 2.27. The molecule has 304 valence electrons. The van der Waals surface area contributed by atoms with Gasteiger partial charge >= 0.3 is 0 Å². The van der Waals surface area contributed by atoms with Crippen LogP contribution in [0.15, 0.2) is 60.7 Å². The van der Waals surface area contributed by atoms with Crippen molar-refractivity contribution in [3.05, 3.63) is 77.1 Å². The number of amides is 7. The molecule has 0 saturated carbocycles. The summed E-state index contributed by atoms with van der Waals surface area (Å²) in [4.78, 5) is 104. The molecule has 5 atom stereocenters. The van der Waals surface area contributed by atoms with Crippen LogP contribution in [0.3, 0.4) is 0 Å². The van der Waals surface area contributed by atoms with Crippen molar-refractivity contribution in [2.75, 3.05) is 30.3 Å². The van der Waals surface area contributed by atoms with Gasteiger partial charge in [0, 0.05) is 19.4 Å². The molecular weight excluding hydrogens is 760 g/mol. The zero-order chi connectivity index (χ0) is 41.3. The lowest BCUT2D eigenvalue weighted by Crippen LogP contribution is -2.57. The molecule has 0 radical (unpaired) electrons. The molecule has 2 aromatic carbocycles. The normalized spacial score (nSPS) is 22.6. The highest BCUT2D eigenvalue weighted by atomic mass is 35.5. The number of rotatable bonds is 5. The van der Waals surface area contributed by atoms with E-state index in [2.05, 4.69) is 57.5 Å². The highest BCUT2D eigenvalue weighted by Gasteiger charge is 2.29. The summed E-state index contributed by atoms with van der Waals surface area (Å²) in [5, 5.41) is 21.0. The van der Waals surface area contributed by atoms with Gasteiger partial charge in [-0.05, 0) is 55.8 Å². The summed E-state index contributed by atoms with van der Waals surface area (Å²) in [7, 11) is 0. The molecule has 7 amide bonds. The van der Waals surface area contributed by atoms with Crippen molar-refractivity contribution in [3.8, 4) is 0 Å². The number of nitrogens with one attached hydrogen (secondary N) is 8. The molecule has 2 bridgehead atoms. The number of primary amides is 1. The average Bonchev–Trinajstić information content (AvgIpc) is 3.18. The quantitative estimate of drug-likeness (QED) is 0.152. The third-order valence-corrected chi connectivity index (χ3v) is 8.84. The predicted molar refractivity (Wildman–Crippen MR) is 209 cm³/mol. The number of hydrogen-bond donors (Lipinski definition) is 9. The Bertz CT molecular complexity index is 1890. The molecule has 20 heteroatoms. The third-order valence-electron chi connectivity index (χ3n) is 8.67. The number of anilines is 2. The largest absolute Gasteiger partial charge is 0.368 e. The van der Waals surface area contributed by atoms with Crippen LogP contribution in [-0.2, 0) is 46.4 Å². The fourth-order valence-corrected chi connectivity index (χ4v) is 5.78. The van der Waals surface area contributed by atoms with Gasteiger partial charge in [-0.3, -0.25) is 33.6 Å². The van der Waals surface area contributed by atoms with Crippen LogP contribution < -0.4 is 48.3 Å². The van der Waals surface area contributed by atoms with Crippen molar-refractivity contribution in [1.29, 1.82) is 0 Å². The molecule has 10 N–H and O–H groups in total. The van der Waals surface area contributed by atoms with E-state index in [1.54, 1.807) is 60.7 Å². The van der Waals surface area contributed by atoms with E-state index in [0.717, 1.165) is 5.56 Å². The lowest BCUT2D eigenvalue weighted by atomic mass is 10.0. The zero-order valence-electron chi connectivity index (χ0n) is 31.5. The van der Waals surface area contributed by atoms with Crippen LogP contribution in [0.5, 0.6) is 0 Å². The second-order valence-corrected chi connectivity index (χ2v) is 13.6. The molecule has 3 aromatic rings. The van der Waals surface area contributed by atoms with E-state index in [9.17, 15) is 33.6 Å². The van der Waals surface area contributed by atoms with Crippen molar-refractivity contribution in [3.63, 3.8) is 0 Å². The second kappa shape index (κ2) is 21.6. The molecule has 1 aliphatic heterocycles. The first-order chi connectivity index (χ1) is 27.3. The number of carbonyl (C=O) groups excluding carboxylic acids is 7. The van der Waals surface area contributed by atoms with E-state index in [1.165, 1.54) is 13.8 Å². The summed E-state index contributed by atoms with van der Waals surface area (Å²) in [5.41, 5.74) is 7.07. The minimum atomic E-state index is -1.16. The number of fused-ring (bicyclic) bond motifs is 2. The molecule has 1 aromatic heterocycles. The molecule has 0 spiro atoms. The number of benzene rings is 2. The molecule has 0 fully saturated rings. The highest BCUT2D eigenvalue weighted by molar-refractivity contribution is 6.28. The standard InChI is InChI=1S/C37H47ClN12O7/c1-21-31(54)46-26(17-23-11-5-3-6-12-23)33(56)41-19-28(51)43-22(2)32(55)47-27(18-24-13-7-4-8-14-24)34(57)45-25(30(39)53)15-9-10-16-40-36-48-35(38)49-37(50-36)42-20-29(52)44-21/h3-8,11-14,21-22,25-27H,9-10,15-20H2,1-2H3,(H2,39,53)(H,41,56)(H,43,51)(H,44,52)(H,45,57)(H,46,54)(H,47,55)(H2,40,42,48,49,50)/t21-,22-,25-,26-,27-/m0/s1. The van der Waals surface area contributed by atoms with Crippen molar-refractivity contribution in [2.24, 2.45) is 5.73 Å². The Hall–Kier alpha value is -6.37. The Balaban J connectivity index is 1.54. The number of hydrogen-bond acceptors (Lipinski definition) is 12. The minimum Gasteiger partial charge on any atom is -0.368 e. The van der Waals surface area contributed by atoms with E-state index >= 15 is 0 Å². The number of aromatic nitrogens is 3. The van der Waals surface area contributed by atoms with Crippen LogP contribution >= 0.6 is 11.6 Å². The zero-order valence-corrected chi connectivity index (χ0v) is 32.2.